The normalized spacial score (nSPS) is 20.4. The molecule has 1 aliphatic rings. The fraction of sp³-hybridized carbons (Fsp3) is 0.414. The van der Waals surface area contributed by atoms with E-state index in [-0.39, 0.29) is 24.1 Å². The number of hydrogen-bond acceptors (Lipinski definition) is 3. The number of nitrogens with one attached hydrogen (secondary N) is 1. The minimum absolute atomic E-state index is 0.0721. The van der Waals surface area contributed by atoms with Crippen molar-refractivity contribution in [3.05, 3.63) is 75.7 Å². The predicted molar refractivity (Wildman–Crippen MR) is 141 cm³/mol. The van der Waals surface area contributed by atoms with E-state index in [4.69, 9.17) is 0 Å². The van der Waals surface area contributed by atoms with E-state index in [2.05, 4.69) is 60.9 Å². The maximum atomic E-state index is 13.7. The van der Waals surface area contributed by atoms with Gasteiger partial charge in [-0.25, -0.2) is 4.68 Å². The molecule has 0 radical (unpaired) electrons. The van der Waals surface area contributed by atoms with Crippen LogP contribution in [0.1, 0.15) is 49.8 Å². The lowest BCUT2D eigenvalue weighted by atomic mass is 9.78. The molecular weight excluding hydrogens is 436 g/mol. The zero-order valence-electron chi connectivity index (χ0n) is 21.0. The van der Waals surface area contributed by atoms with Gasteiger partial charge in [0.25, 0.3) is 5.56 Å². The number of hydrogen-bond donors (Lipinski definition) is 1. The molecule has 0 saturated heterocycles. The number of fused-ring (bicyclic) bond motifs is 3. The molecule has 0 spiro atoms. The van der Waals surface area contributed by atoms with Gasteiger partial charge in [0.15, 0.2) is 0 Å². The summed E-state index contributed by atoms with van der Waals surface area (Å²) in [7, 11) is 0. The van der Waals surface area contributed by atoms with Crippen molar-refractivity contribution in [2.45, 2.75) is 66.1 Å². The number of aromatic nitrogens is 3. The fourth-order valence-corrected chi connectivity index (χ4v) is 5.59. The van der Waals surface area contributed by atoms with E-state index < -0.39 is 0 Å². The lowest BCUT2D eigenvalue weighted by Gasteiger charge is -2.34. The Hall–Kier alpha value is -3.41. The standard InChI is InChI=1S/C29H34N4O2/c1-18-12-13-20(3)22(14-18)16-32-26-11-6-5-9-23(26)24-15-30-33(29(35)28(24)32)17-27(34)31-25-10-7-8-19(2)21(25)4/h5-6,9,11-15,19,21,25H,7-8,10,16-17H2,1-4H3,(H,31,34)/t19-,21+,25+/m0/s1. The van der Waals surface area contributed by atoms with E-state index in [0.29, 0.717) is 23.9 Å². The fourth-order valence-electron chi connectivity index (χ4n) is 5.59. The van der Waals surface area contributed by atoms with Gasteiger partial charge >= 0.3 is 0 Å². The molecule has 0 unspecified atom stereocenters. The monoisotopic (exact) mass is 470 g/mol. The quantitative estimate of drug-likeness (QED) is 0.448. The van der Waals surface area contributed by atoms with Gasteiger partial charge < -0.3 is 9.88 Å². The molecule has 2 aromatic heterocycles. The molecule has 1 N–H and O–H groups in total. The second-order valence-corrected chi connectivity index (χ2v) is 10.3. The van der Waals surface area contributed by atoms with Crippen molar-refractivity contribution in [1.29, 1.82) is 0 Å². The van der Waals surface area contributed by atoms with Gasteiger partial charge in [-0.2, -0.15) is 5.10 Å². The Balaban J connectivity index is 1.53. The summed E-state index contributed by atoms with van der Waals surface area (Å²) in [6.07, 6.45) is 5.05. The third-order valence-corrected chi connectivity index (χ3v) is 7.95. The first-order valence-electron chi connectivity index (χ1n) is 12.7. The Bertz CT molecular complexity index is 1470. The zero-order chi connectivity index (χ0) is 24.7. The van der Waals surface area contributed by atoms with Crippen LogP contribution >= 0.6 is 0 Å². The van der Waals surface area contributed by atoms with Crippen molar-refractivity contribution in [3.8, 4) is 0 Å². The van der Waals surface area contributed by atoms with Gasteiger partial charge in [-0.3, -0.25) is 9.59 Å². The third kappa shape index (κ3) is 4.38. The van der Waals surface area contributed by atoms with Gasteiger partial charge in [0.05, 0.1) is 6.20 Å². The molecular formula is C29H34N4O2. The lowest BCUT2D eigenvalue weighted by Crippen LogP contribution is -2.45. The van der Waals surface area contributed by atoms with Gasteiger partial charge in [-0.15, -0.1) is 0 Å². The lowest BCUT2D eigenvalue weighted by molar-refractivity contribution is -0.123. The minimum Gasteiger partial charge on any atom is -0.351 e. The number of amides is 1. The van der Waals surface area contributed by atoms with Gasteiger partial charge in [-0.1, -0.05) is 68.7 Å². The van der Waals surface area contributed by atoms with Gasteiger partial charge in [0.2, 0.25) is 5.91 Å². The van der Waals surface area contributed by atoms with Crippen LogP contribution < -0.4 is 10.9 Å². The molecule has 1 aliphatic carbocycles. The van der Waals surface area contributed by atoms with E-state index in [1.165, 1.54) is 27.8 Å². The average Bonchev–Trinajstić information content (AvgIpc) is 3.15. The topological polar surface area (TPSA) is 68.9 Å². The maximum Gasteiger partial charge on any atom is 0.291 e. The van der Waals surface area contributed by atoms with Crippen LogP contribution in [-0.4, -0.2) is 26.3 Å². The van der Waals surface area contributed by atoms with Crippen LogP contribution in [0.15, 0.2) is 53.5 Å². The number of carbonyl (C=O) groups is 1. The third-order valence-electron chi connectivity index (χ3n) is 7.95. The Labute approximate surface area is 206 Å². The summed E-state index contributed by atoms with van der Waals surface area (Å²) in [6.45, 7) is 9.14. The zero-order valence-corrected chi connectivity index (χ0v) is 21.0. The summed E-state index contributed by atoms with van der Waals surface area (Å²) < 4.78 is 3.39. The van der Waals surface area contributed by atoms with Crippen LogP contribution in [0, 0.1) is 25.7 Å². The van der Waals surface area contributed by atoms with Gasteiger partial charge in [0, 0.05) is 28.9 Å². The number of para-hydroxylation sites is 1. The van der Waals surface area contributed by atoms with Crippen LogP contribution in [-0.2, 0) is 17.9 Å². The molecule has 1 saturated carbocycles. The highest BCUT2D eigenvalue weighted by Gasteiger charge is 2.28. The van der Waals surface area contributed by atoms with E-state index in [1.807, 2.05) is 24.3 Å². The molecule has 182 valence electrons. The van der Waals surface area contributed by atoms with E-state index in [0.717, 1.165) is 29.1 Å². The molecule has 5 rings (SSSR count). The first-order valence-corrected chi connectivity index (χ1v) is 12.7. The van der Waals surface area contributed by atoms with Crippen LogP contribution in [0.3, 0.4) is 0 Å². The smallest absolute Gasteiger partial charge is 0.291 e. The van der Waals surface area contributed by atoms with Crippen molar-refractivity contribution in [2.24, 2.45) is 11.8 Å². The van der Waals surface area contributed by atoms with Crippen molar-refractivity contribution < 1.29 is 4.79 Å². The Kier molecular flexibility index (Phi) is 6.22. The summed E-state index contributed by atoms with van der Waals surface area (Å²) in [5.41, 5.74) is 4.90. The summed E-state index contributed by atoms with van der Waals surface area (Å²) >= 11 is 0. The SMILES string of the molecule is Cc1ccc(C)c(Cn2c3ccccc3c3cnn(CC(=O)N[C@@H]4CCC[C@H](C)[C@H]4C)c(=O)c32)c1. The predicted octanol–water partition coefficient (Wildman–Crippen LogP) is 4.96. The Morgan fingerprint density at radius 3 is 2.71 bits per heavy atom. The molecule has 0 bridgehead atoms. The summed E-state index contributed by atoms with van der Waals surface area (Å²) in [5, 5.41) is 9.40. The average molecular weight is 471 g/mol. The Morgan fingerprint density at radius 2 is 1.89 bits per heavy atom. The van der Waals surface area contributed by atoms with Crippen molar-refractivity contribution >= 4 is 27.7 Å². The Morgan fingerprint density at radius 1 is 1.09 bits per heavy atom. The first kappa shape index (κ1) is 23.3. The highest BCUT2D eigenvalue weighted by Crippen LogP contribution is 2.30. The molecule has 3 atom stereocenters. The molecule has 35 heavy (non-hydrogen) atoms. The molecule has 4 aromatic rings. The number of rotatable bonds is 5. The summed E-state index contributed by atoms with van der Waals surface area (Å²) in [6, 6.07) is 14.6. The number of carbonyl (C=O) groups excluding carboxylic acids is 1. The number of aryl methyl sites for hydroxylation is 2. The van der Waals surface area contributed by atoms with Crippen molar-refractivity contribution in [2.75, 3.05) is 0 Å². The molecule has 6 nitrogen and oxygen atoms in total. The van der Waals surface area contributed by atoms with Crippen LogP contribution in [0.5, 0.6) is 0 Å². The van der Waals surface area contributed by atoms with Crippen molar-refractivity contribution in [3.63, 3.8) is 0 Å². The summed E-state index contributed by atoms with van der Waals surface area (Å²) in [4.78, 5) is 26.6. The largest absolute Gasteiger partial charge is 0.351 e. The number of nitrogens with zero attached hydrogens (tertiary/aromatic N) is 3. The second-order valence-electron chi connectivity index (χ2n) is 10.3. The number of benzene rings is 2. The summed E-state index contributed by atoms with van der Waals surface area (Å²) in [5.74, 6) is 0.870. The second kappa shape index (κ2) is 9.33. The molecule has 1 amide bonds. The van der Waals surface area contributed by atoms with Crippen LogP contribution in [0.25, 0.3) is 21.8 Å². The molecule has 6 heteroatoms. The first-order chi connectivity index (χ1) is 16.8. The van der Waals surface area contributed by atoms with E-state index in [1.54, 1.807) is 6.20 Å². The van der Waals surface area contributed by atoms with Crippen LogP contribution in [0.2, 0.25) is 0 Å². The van der Waals surface area contributed by atoms with Crippen LogP contribution in [0.4, 0.5) is 0 Å². The molecule has 2 aromatic carbocycles. The maximum absolute atomic E-state index is 13.7. The van der Waals surface area contributed by atoms with Crippen molar-refractivity contribution in [1.82, 2.24) is 19.7 Å². The molecule has 0 aliphatic heterocycles. The molecule has 2 heterocycles. The minimum atomic E-state index is -0.232. The molecule has 1 fully saturated rings. The van der Waals surface area contributed by atoms with Gasteiger partial charge in [0.1, 0.15) is 12.1 Å². The highest BCUT2D eigenvalue weighted by molar-refractivity contribution is 6.07. The highest BCUT2D eigenvalue weighted by atomic mass is 16.2. The van der Waals surface area contributed by atoms with Gasteiger partial charge in [-0.05, 0) is 49.3 Å². The van der Waals surface area contributed by atoms with E-state index in [9.17, 15) is 9.59 Å². The van der Waals surface area contributed by atoms with E-state index >= 15 is 0 Å².